The Labute approximate surface area is 81.3 Å². The van der Waals surface area contributed by atoms with Crippen LogP contribution in [0.5, 0.6) is 0 Å². The molecule has 72 valence electrons. The molecule has 2 rings (SSSR count). The van der Waals surface area contributed by atoms with Crippen LogP contribution in [-0.4, -0.2) is 16.1 Å². The molecule has 0 saturated heterocycles. The Balaban J connectivity index is 2.65. The van der Waals surface area contributed by atoms with Crippen molar-refractivity contribution in [2.24, 2.45) is 5.73 Å². The van der Waals surface area contributed by atoms with Crippen LogP contribution < -0.4 is 11.4 Å². The highest BCUT2D eigenvalue weighted by Crippen LogP contribution is 2.14. The van der Waals surface area contributed by atoms with Gasteiger partial charge in [0.15, 0.2) is 0 Å². The SMILES string of the molecule is NCCn1c2cccccc-2nc1=O. The zero-order chi connectivity index (χ0) is 9.97. The van der Waals surface area contributed by atoms with Crippen molar-refractivity contribution in [2.45, 2.75) is 6.54 Å². The summed E-state index contributed by atoms with van der Waals surface area (Å²) in [5.41, 5.74) is 6.75. The predicted octanol–water partition coefficient (Wildman–Crippen LogP) is 0.307. The minimum atomic E-state index is -0.225. The normalized spacial score (nSPS) is 10.6. The summed E-state index contributed by atoms with van der Waals surface area (Å²) in [6.07, 6.45) is 0. The van der Waals surface area contributed by atoms with E-state index in [9.17, 15) is 4.79 Å². The fraction of sp³-hybridized carbons (Fsp3) is 0.200. The summed E-state index contributed by atoms with van der Waals surface area (Å²) in [6.45, 7) is 0.957. The average molecular weight is 189 g/mol. The molecule has 1 aliphatic heterocycles. The molecule has 0 aromatic heterocycles. The lowest BCUT2D eigenvalue weighted by Crippen LogP contribution is -2.21. The molecule has 0 atom stereocenters. The van der Waals surface area contributed by atoms with Gasteiger partial charge in [0, 0.05) is 13.1 Å². The van der Waals surface area contributed by atoms with Gasteiger partial charge in [-0.25, -0.2) is 4.79 Å². The largest absolute Gasteiger partial charge is 0.348 e. The third-order valence-electron chi connectivity index (χ3n) is 2.08. The quantitative estimate of drug-likeness (QED) is 0.739. The topological polar surface area (TPSA) is 60.9 Å². The van der Waals surface area contributed by atoms with Crippen molar-refractivity contribution >= 4 is 0 Å². The van der Waals surface area contributed by atoms with E-state index < -0.39 is 0 Å². The van der Waals surface area contributed by atoms with E-state index in [2.05, 4.69) is 4.98 Å². The second-order valence-electron chi connectivity index (χ2n) is 3.02. The molecule has 0 saturated carbocycles. The van der Waals surface area contributed by atoms with Crippen molar-refractivity contribution in [3.05, 3.63) is 40.8 Å². The van der Waals surface area contributed by atoms with E-state index in [1.807, 2.05) is 30.3 Å². The monoisotopic (exact) mass is 189 g/mol. The first-order valence-electron chi connectivity index (χ1n) is 4.48. The fourth-order valence-corrected chi connectivity index (χ4v) is 1.46. The fourth-order valence-electron chi connectivity index (χ4n) is 1.46. The van der Waals surface area contributed by atoms with Crippen molar-refractivity contribution in [1.29, 1.82) is 0 Å². The molecule has 0 aromatic rings. The number of nitrogens with two attached hydrogens (primary N) is 1. The van der Waals surface area contributed by atoms with Gasteiger partial charge in [-0.1, -0.05) is 18.2 Å². The van der Waals surface area contributed by atoms with Crippen molar-refractivity contribution in [1.82, 2.24) is 9.55 Å². The van der Waals surface area contributed by atoms with Gasteiger partial charge in [-0.15, -0.1) is 0 Å². The zero-order valence-electron chi connectivity index (χ0n) is 7.68. The van der Waals surface area contributed by atoms with Crippen molar-refractivity contribution < 1.29 is 0 Å². The maximum atomic E-state index is 11.4. The van der Waals surface area contributed by atoms with Crippen LogP contribution in [0.1, 0.15) is 0 Å². The first-order valence-corrected chi connectivity index (χ1v) is 4.48. The Kier molecular flexibility index (Phi) is 2.28. The molecule has 2 N–H and O–H groups in total. The lowest BCUT2D eigenvalue weighted by Gasteiger charge is -2.00. The van der Waals surface area contributed by atoms with Gasteiger partial charge in [0.05, 0.1) is 11.4 Å². The van der Waals surface area contributed by atoms with Crippen LogP contribution in [0.3, 0.4) is 0 Å². The predicted molar refractivity (Wildman–Crippen MR) is 54.2 cm³/mol. The minimum Gasteiger partial charge on any atom is -0.329 e. The van der Waals surface area contributed by atoms with E-state index in [1.54, 1.807) is 4.57 Å². The summed E-state index contributed by atoms with van der Waals surface area (Å²) in [7, 11) is 0. The Morgan fingerprint density at radius 1 is 1.29 bits per heavy atom. The first kappa shape index (κ1) is 8.90. The molecule has 0 unspecified atom stereocenters. The molecular weight excluding hydrogens is 178 g/mol. The number of fused-ring (bicyclic) bond motifs is 1. The summed E-state index contributed by atoms with van der Waals surface area (Å²) < 4.78 is 1.59. The van der Waals surface area contributed by atoms with E-state index >= 15 is 0 Å². The van der Waals surface area contributed by atoms with Crippen LogP contribution in [0.2, 0.25) is 0 Å². The van der Waals surface area contributed by atoms with Gasteiger partial charge in [0.2, 0.25) is 0 Å². The van der Waals surface area contributed by atoms with Crippen molar-refractivity contribution in [3.63, 3.8) is 0 Å². The molecule has 1 heterocycles. The molecule has 1 aliphatic carbocycles. The van der Waals surface area contributed by atoms with Gasteiger partial charge >= 0.3 is 5.69 Å². The number of nitrogens with zero attached hydrogens (tertiary/aromatic N) is 2. The van der Waals surface area contributed by atoms with E-state index in [0.29, 0.717) is 18.8 Å². The van der Waals surface area contributed by atoms with E-state index in [4.69, 9.17) is 5.73 Å². The maximum Gasteiger partial charge on any atom is 0.348 e. The smallest absolute Gasteiger partial charge is 0.329 e. The van der Waals surface area contributed by atoms with Gasteiger partial charge in [-0.3, -0.25) is 4.57 Å². The maximum absolute atomic E-state index is 11.4. The second-order valence-corrected chi connectivity index (χ2v) is 3.02. The highest BCUT2D eigenvalue weighted by Gasteiger charge is 2.10. The Hall–Kier alpha value is -1.68. The third kappa shape index (κ3) is 1.40. The Bertz CT molecular complexity index is 463. The zero-order valence-corrected chi connectivity index (χ0v) is 7.68. The van der Waals surface area contributed by atoms with E-state index in [1.165, 1.54) is 0 Å². The molecule has 0 radical (unpaired) electrons. The molecule has 0 bridgehead atoms. The molecule has 2 aliphatic rings. The van der Waals surface area contributed by atoms with Crippen molar-refractivity contribution in [2.75, 3.05) is 6.54 Å². The van der Waals surface area contributed by atoms with Crippen LogP contribution in [0.15, 0.2) is 35.1 Å². The highest BCUT2D eigenvalue weighted by molar-refractivity contribution is 5.55. The summed E-state index contributed by atoms with van der Waals surface area (Å²) >= 11 is 0. The van der Waals surface area contributed by atoms with Crippen LogP contribution in [0, 0.1) is 0 Å². The minimum absolute atomic E-state index is 0.225. The van der Waals surface area contributed by atoms with Gasteiger partial charge in [0.1, 0.15) is 0 Å². The molecule has 0 amide bonds. The van der Waals surface area contributed by atoms with Crippen LogP contribution in [-0.2, 0) is 6.54 Å². The molecule has 4 heteroatoms. The highest BCUT2D eigenvalue weighted by atomic mass is 16.1. The van der Waals surface area contributed by atoms with Gasteiger partial charge in [-0.2, -0.15) is 4.98 Å². The summed E-state index contributed by atoms with van der Waals surface area (Å²) in [5.74, 6) is 0. The molecular formula is C10H11N3O. The first-order chi connectivity index (χ1) is 6.83. The number of hydrogen-bond acceptors (Lipinski definition) is 3. The third-order valence-corrected chi connectivity index (χ3v) is 2.08. The van der Waals surface area contributed by atoms with Gasteiger partial charge in [-0.05, 0) is 12.1 Å². The molecule has 0 fully saturated rings. The summed E-state index contributed by atoms with van der Waals surface area (Å²) in [6, 6.07) is 9.35. The lowest BCUT2D eigenvalue weighted by atomic mass is 10.3. The molecule has 14 heavy (non-hydrogen) atoms. The van der Waals surface area contributed by atoms with E-state index in [0.717, 1.165) is 5.69 Å². The molecule has 0 aromatic carbocycles. The van der Waals surface area contributed by atoms with Crippen LogP contribution in [0.25, 0.3) is 11.4 Å². The van der Waals surface area contributed by atoms with Crippen molar-refractivity contribution in [3.8, 4) is 11.4 Å². The van der Waals surface area contributed by atoms with Gasteiger partial charge in [0.25, 0.3) is 0 Å². The summed E-state index contributed by atoms with van der Waals surface area (Å²) in [4.78, 5) is 15.4. The Morgan fingerprint density at radius 2 is 2.07 bits per heavy atom. The van der Waals surface area contributed by atoms with Crippen LogP contribution >= 0.6 is 0 Å². The number of imidazole rings is 1. The number of aromatic nitrogens is 2. The lowest BCUT2D eigenvalue weighted by molar-refractivity contribution is 0.691. The van der Waals surface area contributed by atoms with Crippen LogP contribution in [0.4, 0.5) is 0 Å². The summed E-state index contributed by atoms with van der Waals surface area (Å²) in [5, 5.41) is 0. The van der Waals surface area contributed by atoms with Gasteiger partial charge < -0.3 is 5.73 Å². The number of hydrogen-bond donors (Lipinski definition) is 1. The average Bonchev–Trinajstić information content (AvgIpc) is 2.39. The Morgan fingerprint density at radius 3 is 2.86 bits per heavy atom. The second kappa shape index (κ2) is 3.59. The van der Waals surface area contributed by atoms with E-state index in [-0.39, 0.29) is 5.69 Å². The molecule has 0 spiro atoms. The standard InChI is InChI=1S/C10H11N3O/c11-6-7-13-9-5-3-1-2-4-8(9)12-10(13)14/h1-5H,6-7,11H2. The molecule has 4 nitrogen and oxygen atoms in total. The number of rotatable bonds is 2.